The molecular formula is C9H11F2NO2. The molecule has 0 radical (unpaired) electrons. The molecule has 1 aromatic carbocycles. The molecule has 0 fully saturated rings. The lowest BCUT2D eigenvalue weighted by Gasteiger charge is -2.10. The van der Waals surface area contributed by atoms with Crippen LogP contribution in [0.1, 0.15) is 0 Å². The van der Waals surface area contributed by atoms with Crippen LogP contribution < -0.4 is 15.2 Å². The van der Waals surface area contributed by atoms with E-state index in [1.165, 1.54) is 7.11 Å². The third-order valence-corrected chi connectivity index (χ3v) is 1.55. The molecule has 0 bridgehead atoms. The summed E-state index contributed by atoms with van der Waals surface area (Å²) in [5.41, 5.74) is 5.19. The molecule has 0 atom stereocenters. The zero-order valence-corrected chi connectivity index (χ0v) is 7.72. The Morgan fingerprint density at radius 3 is 2.64 bits per heavy atom. The van der Waals surface area contributed by atoms with E-state index in [0.29, 0.717) is 0 Å². The van der Waals surface area contributed by atoms with Gasteiger partial charge in [0.1, 0.15) is 12.4 Å². The average Bonchev–Trinajstić information content (AvgIpc) is 2.14. The van der Waals surface area contributed by atoms with Gasteiger partial charge in [-0.3, -0.25) is 0 Å². The molecule has 5 heteroatoms. The molecular weight excluding hydrogens is 192 g/mol. The summed E-state index contributed by atoms with van der Waals surface area (Å²) in [5, 5.41) is 0. The Hall–Kier alpha value is -1.36. The maximum atomic E-state index is 13.1. The SMILES string of the molecule is COc1c(F)cc(F)cc1OCCN. The predicted molar refractivity (Wildman–Crippen MR) is 47.5 cm³/mol. The van der Waals surface area contributed by atoms with E-state index < -0.39 is 11.6 Å². The molecule has 0 aliphatic rings. The minimum atomic E-state index is -0.792. The van der Waals surface area contributed by atoms with Crippen molar-refractivity contribution in [2.24, 2.45) is 5.73 Å². The molecule has 0 heterocycles. The smallest absolute Gasteiger partial charge is 0.197 e. The monoisotopic (exact) mass is 203 g/mol. The van der Waals surface area contributed by atoms with Crippen molar-refractivity contribution >= 4 is 0 Å². The first-order chi connectivity index (χ1) is 6.69. The molecule has 0 saturated carbocycles. The number of hydrogen-bond acceptors (Lipinski definition) is 3. The highest BCUT2D eigenvalue weighted by atomic mass is 19.1. The van der Waals surface area contributed by atoms with Gasteiger partial charge in [-0.2, -0.15) is 0 Å². The van der Waals surface area contributed by atoms with Crippen molar-refractivity contribution < 1.29 is 18.3 Å². The summed E-state index contributed by atoms with van der Waals surface area (Å²) in [5.74, 6) is -1.59. The van der Waals surface area contributed by atoms with Gasteiger partial charge in [-0.1, -0.05) is 0 Å². The highest BCUT2D eigenvalue weighted by molar-refractivity contribution is 5.41. The average molecular weight is 203 g/mol. The molecule has 0 aromatic heterocycles. The number of benzene rings is 1. The first-order valence-electron chi connectivity index (χ1n) is 4.05. The molecule has 0 saturated heterocycles. The second kappa shape index (κ2) is 4.76. The third kappa shape index (κ3) is 2.32. The molecule has 1 aromatic rings. The van der Waals surface area contributed by atoms with Crippen molar-refractivity contribution in [3.63, 3.8) is 0 Å². The van der Waals surface area contributed by atoms with E-state index in [1.807, 2.05) is 0 Å². The molecule has 2 N–H and O–H groups in total. The topological polar surface area (TPSA) is 44.5 Å². The normalized spacial score (nSPS) is 10.0. The van der Waals surface area contributed by atoms with Crippen molar-refractivity contribution in [2.75, 3.05) is 20.3 Å². The van der Waals surface area contributed by atoms with Crippen LogP contribution in [-0.4, -0.2) is 20.3 Å². The number of methoxy groups -OCH3 is 1. The van der Waals surface area contributed by atoms with Crippen molar-refractivity contribution in [2.45, 2.75) is 0 Å². The third-order valence-electron chi connectivity index (χ3n) is 1.55. The fraction of sp³-hybridized carbons (Fsp3) is 0.333. The molecule has 3 nitrogen and oxygen atoms in total. The Labute approximate surface area is 80.4 Å². The zero-order chi connectivity index (χ0) is 10.6. The van der Waals surface area contributed by atoms with Crippen molar-refractivity contribution in [3.05, 3.63) is 23.8 Å². The van der Waals surface area contributed by atoms with Gasteiger partial charge >= 0.3 is 0 Å². The van der Waals surface area contributed by atoms with Gasteiger partial charge in [0, 0.05) is 18.7 Å². The molecule has 14 heavy (non-hydrogen) atoms. The lowest BCUT2D eigenvalue weighted by Crippen LogP contribution is -2.11. The summed E-state index contributed by atoms with van der Waals surface area (Å²) in [6.07, 6.45) is 0. The van der Waals surface area contributed by atoms with E-state index in [4.69, 9.17) is 15.2 Å². The maximum Gasteiger partial charge on any atom is 0.197 e. The van der Waals surface area contributed by atoms with Crippen LogP contribution in [0.3, 0.4) is 0 Å². The lowest BCUT2D eigenvalue weighted by atomic mass is 10.3. The first kappa shape index (κ1) is 10.7. The van der Waals surface area contributed by atoms with Gasteiger partial charge < -0.3 is 15.2 Å². The summed E-state index contributed by atoms with van der Waals surface area (Å²) in [6, 6.07) is 1.78. The molecule has 1 rings (SSSR count). The number of ether oxygens (including phenoxy) is 2. The molecule has 0 aliphatic heterocycles. The zero-order valence-electron chi connectivity index (χ0n) is 7.72. The highest BCUT2D eigenvalue weighted by Gasteiger charge is 2.12. The van der Waals surface area contributed by atoms with E-state index in [9.17, 15) is 8.78 Å². The predicted octanol–water partition coefficient (Wildman–Crippen LogP) is 1.31. The second-order valence-corrected chi connectivity index (χ2v) is 2.56. The summed E-state index contributed by atoms with van der Waals surface area (Å²) >= 11 is 0. The van der Waals surface area contributed by atoms with Gasteiger partial charge in [0.15, 0.2) is 17.3 Å². The van der Waals surface area contributed by atoms with E-state index >= 15 is 0 Å². The van der Waals surface area contributed by atoms with Gasteiger partial charge in [-0.05, 0) is 0 Å². The number of rotatable bonds is 4. The van der Waals surface area contributed by atoms with E-state index in [2.05, 4.69) is 0 Å². The van der Waals surface area contributed by atoms with Crippen molar-refractivity contribution in [1.82, 2.24) is 0 Å². The molecule has 0 unspecified atom stereocenters. The summed E-state index contributed by atoms with van der Waals surface area (Å²) in [4.78, 5) is 0. The molecule has 0 spiro atoms. The van der Waals surface area contributed by atoms with Gasteiger partial charge in [0.2, 0.25) is 0 Å². The first-order valence-corrected chi connectivity index (χ1v) is 4.05. The van der Waals surface area contributed by atoms with Crippen LogP contribution in [0.5, 0.6) is 11.5 Å². The van der Waals surface area contributed by atoms with Gasteiger partial charge in [0.25, 0.3) is 0 Å². The Morgan fingerprint density at radius 1 is 1.36 bits per heavy atom. The Morgan fingerprint density at radius 2 is 2.07 bits per heavy atom. The van der Waals surface area contributed by atoms with Crippen LogP contribution in [0.25, 0.3) is 0 Å². The van der Waals surface area contributed by atoms with Crippen LogP contribution in [-0.2, 0) is 0 Å². The van der Waals surface area contributed by atoms with Crippen LogP contribution in [0.2, 0.25) is 0 Å². The number of hydrogen-bond donors (Lipinski definition) is 1. The van der Waals surface area contributed by atoms with Crippen LogP contribution in [0.4, 0.5) is 8.78 Å². The van der Waals surface area contributed by atoms with E-state index in [1.54, 1.807) is 0 Å². The minimum absolute atomic E-state index is 0.0236. The van der Waals surface area contributed by atoms with Crippen molar-refractivity contribution in [3.8, 4) is 11.5 Å². The molecule has 0 aliphatic carbocycles. The lowest BCUT2D eigenvalue weighted by molar-refractivity contribution is 0.292. The van der Waals surface area contributed by atoms with Gasteiger partial charge in [-0.25, -0.2) is 8.78 Å². The summed E-state index contributed by atoms with van der Waals surface area (Å²) < 4.78 is 35.6. The highest BCUT2D eigenvalue weighted by Crippen LogP contribution is 2.30. The fourth-order valence-electron chi connectivity index (χ4n) is 1.01. The second-order valence-electron chi connectivity index (χ2n) is 2.56. The Kier molecular flexibility index (Phi) is 3.64. The van der Waals surface area contributed by atoms with Crippen LogP contribution in [0.15, 0.2) is 12.1 Å². The molecule has 78 valence electrons. The largest absolute Gasteiger partial charge is 0.490 e. The quantitative estimate of drug-likeness (QED) is 0.802. The van der Waals surface area contributed by atoms with Crippen molar-refractivity contribution in [1.29, 1.82) is 0 Å². The number of halogens is 2. The maximum absolute atomic E-state index is 13.1. The van der Waals surface area contributed by atoms with E-state index in [0.717, 1.165) is 12.1 Å². The summed E-state index contributed by atoms with van der Waals surface area (Å²) in [7, 11) is 1.28. The van der Waals surface area contributed by atoms with Gasteiger partial charge in [0.05, 0.1) is 7.11 Å². The Balaban J connectivity index is 2.99. The van der Waals surface area contributed by atoms with E-state index in [-0.39, 0.29) is 24.7 Å². The van der Waals surface area contributed by atoms with Crippen LogP contribution in [0, 0.1) is 11.6 Å². The molecule has 0 amide bonds. The minimum Gasteiger partial charge on any atom is -0.490 e. The fourth-order valence-corrected chi connectivity index (χ4v) is 1.01. The standard InChI is InChI=1S/C9H11F2NO2/c1-13-9-7(11)4-6(10)5-8(9)14-3-2-12/h4-5H,2-3,12H2,1H3. The summed E-state index contributed by atoms with van der Waals surface area (Å²) in [6.45, 7) is 0.445. The van der Waals surface area contributed by atoms with Gasteiger partial charge in [-0.15, -0.1) is 0 Å². The number of nitrogens with two attached hydrogens (primary N) is 1. The van der Waals surface area contributed by atoms with Crippen LogP contribution >= 0.6 is 0 Å². The Bertz CT molecular complexity index is 318.